The van der Waals surface area contributed by atoms with E-state index in [1.54, 1.807) is 6.07 Å². The van der Waals surface area contributed by atoms with Crippen molar-refractivity contribution < 1.29 is 8.78 Å². The summed E-state index contributed by atoms with van der Waals surface area (Å²) in [7, 11) is 0. The molecule has 0 bridgehead atoms. The molecule has 2 nitrogen and oxygen atoms in total. The van der Waals surface area contributed by atoms with Crippen LogP contribution in [0.3, 0.4) is 0 Å². The maximum absolute atomic E-state index is 13.2. The minimum Gasteiger partial charge on any atom is -0.310 e. The largest absolute Gasteiger partial charge is 0.310 e. The molecule has 0 radical (unpaired) electrons. The van der Waals surface area contributed by atoms with Crippen LogP contribution in [0, 0.1) is 11.6 Å². The van der Waals surface area contributed by atoms with Crippen LogP contribution in [0.25, 0.3) is 0 Å². The van der Waals surface area contributed by atoms with Crippen LogP contribution in [0.4, 0.5) is 25.8 Å². The molecule has 0 atom stereocenters. The Morgan fingerprint density at radius 2 is 1.82 bits per heavy atom. The van der Waals surface area contributed by atoms with Crippen molar-refractivity contribution in [3.05, 3.63) is 54.1 Å². The van der Waals surface area contributed by atoms with Gasteiger partial charge < -0.3 is 4.72 Å². The zero-order valence-corrected chi connectivity index (χ0v) is 9.47. The molecule has 2 aromatic carbocycles. The molecule has 0 spiro atoms. The number of para-hydroxylation sites is 2. The standard InChI is InChI=1S/C12H8F2N2S/c13-9-6-5-8(7-10(9)14)16-12-4-2-1-3-11(12)15-17-16/h1-7,15H. The molecule has 1 heterocycles. The number of fused-ring (bicyclic) bond motifs is 1. The van der Waals surface area contributed by atoms with Crippen molar-refractivity contribution in [1.29, 1.82) is 0 Å². The molecule has 0 aliphatic carbocycles. The highest BCUT2D eigenvalue weighted by molar-refractivity contribution is 8.02. The maximum atomic E-state index is 13.2. The summed E-state index contributed by atoms with van der Waals surface area (Å²) in [6.45, 7) is 0. The molecule has 0 aromatic heterocycles. The smallest absolute Gasteiger partial charge is 0.160 e. The first-order chi connectivity index (χ1) is 8.25. The molecule has 0 saturated carbocycles. The highest BCUT2D eigenvalue weighted by Crippen LogP contribution is 2.44. The van der Waals surface area contributed by atoms with Gasteiger partial charge in [0.2, 0.25) is 0 Å². The van der Waals surface area contributed by atoms with E-state index in [1.807, 2.05) is 28.6 Å². The van der Waals surface area contributed by atoms with E-state index in [2.05, 4.69) is 4.72 Å². The summed E-state index contributed by atoms with van der Waals surface area (Å²) < 4.78 is 31.0. The number of anilines is 3. The summed E-state index contributed by atoms with van der Waals surface area (Å²) in [6.07, 6.45) is 0. The maximum Gasteiger partial charge on any atom is 0.160 e. The molecule has 0 amide bonds. The van der Waals surface area contributed by atoms with Gasteiger partial charge in [-0.15, -0.1) is 0 Å². The van der Waals surface area contributed by atoms with Crippen LogP contribution in [-0.4, -0.2) is 0 Å². The number of hydrogen-bond donors (Lipinski definition) is 1. The second-order valence-electron chi connectivity index (χ2n) is 3.60. The van der Waals surface area contributed by atoms with E-state index in [0.717, 1.165) is 17.4 Å². The number of halogens is 2. The average Bonchev–Trinajstić information content (AvgIpc) is 2.76. The van der Waals surface area contributed by atoms with E-state index in [9.17, 15) is 8.78 Å². The van der Waals surface area contributed by atoms with Crippen molar-refractivity contribution in [3.63, 3.8) is 0 Å². The van der Waals surface area contributed by atoms with Gasteiger partial charge in [-0.1, -0.05) is 12.1 Å². The van der Waals surface area contributed by atoms with Crippen LogP contribution in [0.15, 0.2) is 42.5 Å². The lowest BCUT2D eigenvalue weighted by atomic mass is 10.2. The Bertz CT molecular complexity index is 574. The van der Waals surface area contributed by atoms with Crippen molar-refractivity contribution in [2.45, 2.75) is 0 Å². The number of nitrogens with one attached hydrogen (secondary N) is 1. The first kappa shape index (κ1) is 10.4. The molecule has 0 unspecified atom stereocenters. The van der Waals surface area contributed by atoms with Gasteiger partial charge in [-0.2, -0.15) is 0 Å². The number of rotatable bonds is 1. The quantitative estimate of drug-likeness (QED) is 0.767. The Kier molecular flexibility index (Phi) is 2.40. The summed E-state index contributed by atoms with van der Waals surface area (Å²) in [5, 5.41) is 0. The summed E-state index contributed by atoms with van der Waals surface area (Å²) in [4.78, 5) is 0. The van der Waals surface area contributed by atoms with E-state index in [4.69, 9.17) is 0 Å². The van der Waals surface area contributed by atoms with Gasteiger partial charge in [0, 0.05) is 6.07 Å². The van der Waals surface area contributed by atoms with Crippen LogP contribution in [-0.2, 0) is 0 Å². The lowest BCUT2D eigenvalue weighted by molar-refractivity contribution is 0.509. The van der Waals surface area contributed by atoms with Gasteiger partial charge in [-0.05, 0) is 24.3 Å². The Balaban J connectivity index is 2.04. The van der Waals surface area contributed by atoms with Crippen molar-refractivity contribution in [1.82, 2.24) is 0 Å². The highest BCUT2D eigenvalue weighted by atomic mass is 32.2. The van der Waals surface area contributed by atoms with Crippen molar-refractivity contribution in [3.8, 4) is 0 Å². The van der Waals surface area contributed by atoms with E-state index >= 15 is 0 Å². The van der Waals surface area contributed by atoms with Crippen molar-refractivity contribution in [2.24, 2.45) is 0 Å². The van der Waals surface area contributed by atoms with E-state index in [-0.39, 0.29) is 0 Å². The van der Waals surface area contributed by atoms with Crippen LogP contribution in [0.2, 0.25) is 0 Å². The summed E-state index contributed by atoms with van der Waals surface area (Å²) in [5.41, 5.74) is 2.50. The molecule has 0 saturated heterocycles. The Morgan fingerprint density at radius 3 is 2.65 bits per heavy atom. The van der Waals surface area contributed by atoms with Gasteiger partial charge in [-0.25, -0.2) is 8.78 Å². The molecule has 1 N–H and O–H groups in total. The van der Waals surface area contributed by atoms with Gasteiger partial charge in [0.15, 0.2) is 11.6 Å². The number of hydrogen-bond acceptors (Lipinski definition) is 3. The summed E-state index contributed by atoms with van der Waals surface area (Å²) in [6, 6.07) is 11.5. The predicted octanol–water partition coefficient (Wildman–Crippen LogP) is 4.09. The molecule has 17 heavy (non-hydrogen) atoms. The topological polar surface area (TPSA) is 15.3 Å². The second kappa shape index (κ2) is 3.92. The molecule has 5 heteroatoms. The number of benzene rings is 2. The Hall–Kier alpha value is -1.75. The Morgan fingerprint density at radius 1 is 1.00 bits per heavy atom. The fourth-order valence-electron chi connectivity index (χ4n) is 1.68. The minimum absolute atomic E-state index is 0.603. The lowest BCUT2D eigenvalue weighted by Crippen LogP contribution is -2.03. The first-order valence-electron chi connectivity index (χ1n) is 5.03. The highest BCUT2D eigenvalue weighted by Gasteiger charge is 2.21. The second-order valence-corrected chi connectivity index (χ2v) is 4.36. The zero-order valence-electron chi connectivity index (χ0n) is 8.65. The average molecular weight is 250 g/mol. The van der Waals surface area contributed by atoms with Gasteiger partial charge in [-0.3, -0.25) is 4.31 Å². The van der Waals surface area contributed by atoms with E-state index in [0.29, 0.717) is 5.69 Å². The van der Waals surface area contributed by atoms with Crippen LogP contribution in [0.1, 0.15) is 0 Å². The molecule has 1 aliphatic heterocycles. The lowest BCUT2D eigenvalue weighted by Gasteiger charge is -2.15. The van der Waals surface area contributed by atoms with Crippen LogP contribution < -0.4 is 9.03 Å². The SMILES string of the molecule is Fc1ccc(N2SNc3ccccc32)cc1F. The third-order valence-corrected chi connectivity index (χ3v) is 3.41. The third kappa shape index (κ3) is 1.72. The minimum atomic E-state index is -0.840. The van der Waals surface area contributed by atoms with E-state index < -0.39 is 11.6 Å². The van der Waals surface area contributed by atoms with Crippen molar-refractivity contribution in [2.75, 3.05) is 9.03 Å². The molecular formula is C12H8F2N2S. The van der Waals surface area contributed by atoms with Gasteiger partial charge in [0.25, 0.3) is 0 Å². The van der Waals surface area contributed by atoms with Crippen molar-refractivity contribution >= 4 is 29.2 Å². The molecule has 1 aliphatic rings. The normalized spacial score (nSPS) is 13.4. The summed E-state index contributed by atoms with van der Waals surface area (Å²) in [5.74, 6) is -1.67. The van der Waals surface area contributed by atoms with Crippen LogP contribution >= 0.6 is 12.1 Å². The first-order valence-corrected chi connectivity index (χ1v) is 5.80. The Labute approximate surface area is 102 Å². The molecule has 3 rings (SSSR count). The van der Waals surface area contributed by atoms with Gasteiger partial charge in [0.05, 0.1) is 29.2 Å². The molecule has 2 aromatic rings. The van der Waals surface area contributed by atoms with Gasteiger partial charge >= 0.3 is 0 Å². The van der Waals surface area contributed by atoms with Crippen LogP contribution in [0.5, 0.6) is 0 Å². The van der Waals surface area contributed by atoms with Gasteiger partial charge in [0.1, 0.15) is 0 Å². The fraction of sp³-hybridized carbons (Fsp3) is 0. The zero-order chi connectivity index (χ0) is 11.8. The predicted molar refractivity (Wildman–Crippen MR) is 66.2 cm³/mol. The number of nitrogens with zero attached hydrogens (tertiary/aromatic N) is 1. The molecular weight excluding hydrogens is 242 g/mol. The monoisotopic (exact) mass is 250 g/mol. The van der Waals surface area contributed by atoms with E-state index in [1.165, 1.54) is 18.2 Å². The third-order valence-electron chi connectivity index (χ3n) is 2.51. The molecule has 0 fully saturated rings. The fourth-order valence-corrected chi connectivity index (χ4v) is 2.52. The summed E-state index contributed by atoms with van der Waals surface area (Å²) >= 11 is 1.33. The molecule has 86 valence electrons.